The lowest BCUT2D eigenvalue weighted by atomic mass is 9.93. The zero-order chi connectivity index (χ0) is 19.8. The van der Waals surface area contributed by atoms with E-state index in [1.807, 2.05) is 0 Å². The largest absolute Gasteiger partial charge is 0.416 e. The average Bonchev–Trinajstić information content (AvgIpc) is 2.50. The fraction of sp³-hybridized carbons (Fsp3) is 0.600. The maximum absolute atomic E-state index is 13.3. The Balaban J connectivity index is 0.00000364. The van der Waals surface area contributed by atoms with Crippen molar-refractivity contribution in [3.05, 3.63) is 34.9 Å². The Kier molecular flexibility index (Phi) is 7.45. The number of rotatable bonds is 3. The molecule has 0 saturated carbocycles. The Bertz CT molecular complexity index is 619. The summed E-state index contributed by atoms with van der Waals surface area (Å²) in [5.74, 6) is 0. The number of hydrogen-bond donors (Lipinski definition) is 1. The van der Waals surface area contributed by atoms with Gasteiger partial charge in [-0.3, -0.25) is 4.90 Å². The number of alkyl halides is 9. The van der Waals surface area contributed by atoms with E-state index in [4.69, 9.17) is 0 Å². The third kappa shape index (κ3) is 6.42. The maximum Gasteiger partial charge on any atom is 0.416 e. The van der Waals surface area contributed by atoms with Crippen LogP contribution in [0.5, 0.6) is 0 Å². The molecule has 1 heterocycles. The van der Waals surface area contributed by atoms with Gasteiger partial charge in [0.25, 0.3) is 0 Å². The van der Waals surface area contributed by atoms with Crippen LogP contribution in [-0.2, 0) is 12.4 Å². The summed E-state index contributed by atoms with van der Waals surface area (Å²) in [6.07, 6.45) is -16.6. The molecule has 1 saturated heterocycles. The van der Waals surface area contributed by atoms with Gasteiger partial charge in [-0.05, 0) is 17.7 Å². The van der Waals surface area contributed by atoms with Gasteiger partial charge in [-0.25, -0.2) is 0 Å². The molecule has 0 spiro atoms. The Labute approximate surface area is 155 Å². The second-order valence-corrected chi connectivity index (χ2v) is 5.92. The van der Waals surface area contributed by atoms with Crippen LogP contribution in [-0.4, -0.2) is 37.3 Å². The Hall–Kier alpha value is -1.20. The smallest absolute Gasteiger partial charge is 0.314 e. The molecule has 0 radical (unpaired) electrons. The lowest BCUT2D eigenvalue weighted by molar-refractivity contribution is -0.154. The second-order valence-electron chi connectivity index (χ2n) is 5.92. The summed E-state index contributed by atoms with van der Waals surface area (Å²) in [6.45, 7) is 0.658. The van der Waals surface area contributed by atoms with Crippen LogP contribution in [0.2, 0.25) is 0 Å². The minimum Gasteiger partial charge on any atom is -0.314 e. The summed E-state index contributed by atoms with van der Waals surface area (Å²) in [6, 6.07) is -0.947. The van der Waals surface area contributed by atoms with Crippen LogP contribution < -0.4 is 5.32 Å². The van der Waals surface area contributed by atoms with Gasteiger partial charge in [0.1, 0.15) is 0 Å². The zero-order valence-electron chi connectivity index (χ0n) is 13.6. The summed E-state index contributed by atoms with van der Waals surface area (Å²) in [4.78, 5) is 1.21. The molecule has 0 aliphatic carbocycles. The molecule has 0 amide bonds. The summed E-state index contributed by atoms with van der Waals surface area (Å²) in [7, 11) is 0. The van der Waals surface area contributed by atoms with Crippen molar-refractivity contribution in [3.63, 3.8) is 0 Å². The standard InChI is InChI=1S/C15H15F9N2.ClH/c16-13(17,18)8-12(26-5-3-25-4-6-26)10-2-1-9(14(19,20)21)7-11(10)15(22,23)24;/h1-2,7,12,25H,3-6,8H2;1H/t12-;/m0./s1. The predicted molar refractivity (Wildman–Crippen MR) is 81.5 cm³/mol. The molecule has 2 nitrogen and oxygen atoms in total. The number of piperazine rings is 1. The fourth-order valence-corrected chi connectivity index (χ4v) is 2.92. The average molecular weight is 431 g/mol. The van der Waals surface area contributed by atoms with Crippen molar-refractivity contribution in [3.8, 4) is 0 Å². The summed E-state index contributed by atoms with van der Waals surface area (Å²) in [5.41, 5.74) is -4.05. The van der Waals surface area contributed by atoms with Crippen molar-refractivity contribution in [1.29, 1.82) is 0 Å². The van der Waals surface area contributed by atoms with Crippen LogP contribution in [0.1, 0.15) is 29.2 Å². The van der Waals surface area contributed by atoms with Gasteiger partial charge in [0.2, 0.25) is 0 Å². The molecular formula is C15H16ClF9N2. The van der Waals surface area contributed by atoms with Crippen molar-refractivity contribution in [2.45, 2.75) is 31.0 Å². The van der Waals surface area contributed by atoms with E-state index in [1.165, 1.54) is 4.90 Å². The van der Waals surface area contributed by atoms with Gasteiger partial charge in [0.15, 0.2) is 0 Å². The first kappa shape index (κ1) is 23.8. The van der Waals surface area contributed by atoms with E-state index in [-0.39, 0.29) is 44.7 Å². The van der Waals surface area contributed by atoms with Crippen LogP contribution in [0.25, 0.3) is 0 Å². The summed E-state index contributed by atoms with van der Waals surface area (Å²) >= 11 is 0. The van der Waals surface area contributed by atoms with Crippen molar-refractivity contribution >= 4 is 12.4 Å². The van der Waals surface area contributed by atoms with Gasteiger partial charge in [0.05, 0.1) is 17.5 Å². The quantitative estimate of drug-likeness (QED) is 0.676. The molecule has 2 rings (SSSR count). The van der Waals surface area contributed by atoms with E-state index in [0.717, 1.165) is 0 Å². The molecule has 156 valence electrons. The van der Waals surface area contributed by atoms with E-state index in [1.54, 1.807) is 0 Å². The lowest BCUT2D eigenvalue weighted by Gasteiger charge is -2.36. The first-order valence-corrected chi connectivity index (χ1v) is 7.59. The maximum atomic E-state index is 13.3. The first-order chi connectivity index (χ1) is 11.8. The molecule has 1 aromatic rings. The summed E-state index contributed by atoms with van der Waals surface area (Å²) < 4.78 is 117. The number of benzene rings is 1. The molecular weight excluding hydrogens is 415 g/mol. The van der Waals surface area contributed by atoms with E-state index < -0.39 is 47.7 Å². The Morgan fingerprint density at radius 1 is 0.889 bits per heavy atom. The third-order valence-corrected chi connectivity index (χ3v) is 4.06. The zero-order valence-corrected chi connectivity index (χ0v) is 14.4. The molecule has 0 aromatic heterocycles. The topological polar surface area (TPSA) is 15.3 Å². The minimum absolute atomic E-state index is 0. The van der Waals surface area contributed by atoms with Crippen molar-refractivity contribution in [1.82, 2.24) is 10.2 Å². The first-order valence-electron chi connectivity index (χ1n) is 7.59. The van der Waals surface area contributed by atoms with Crippen molar-refractivity contribution in [2.24, 2.45) is 0 Å². The highest BCUT2D eigenvalue weighted by molar-refractivity contribution is 5.85. The van der Waals surface area contributed by atoms with E-state index in [2.05, 4.69) is 5.32 Å². The fourth-order valence-electron chi connectivity index (χ4n) is 2.92. The molecule has 12 heteroatoms. The van der Waals surface area contributed by atoms with Gasteiger partial charge in [-0.2, -0.15) is 39.5 Å². The molecule has 0 unspecified atom stereocenters. The minimum atomic E-state index is -5.21. The molecule has 1 fully saturated rings. The van der Waals surface area contributed by atoms with Crippen LogP contribution in [0.4, 0.5) is 39.5 Å². The Morgan fingerprint density at radius 2 is 1.44 bits per heavy atom. The van der Waals surface area contributed by atoms with Gasteiger partial charge in [0, 0.05) is 32.2 Å². The van der Waals surface area contributed by atoms with Crippen LogP contribution in [0, 0.1) is 0 Å². The molecule has 1 N–H and O–H groups in total. The summed E-state index contributed by atoms with van der Waals surface area (Å²) in [5, 5.41) is 2.86. The highest BCUT2D eigenvalue weighted by Crippen LogP contribution is 2.43. The molecule has 27 heavy (non-hydrogen) atoms. The van der Waals surface area contributed by atoms with Crippen molar-refractivity contribution < 1.29 is 39.5 Å². The molecule has 0 bridgehead atoms. The van der Waals surface area contributed by atoms with Gasteiger partial charge in [-0.1, -0.05) is 6.07 Å². The number of nitrogens with zero attached hydrogens (tertiary/aromatic N) is 1. The van der Waals surface area contributed by atoms with Gasteiger partial charge < -0.3 is 5.32 Å². The van der Waals surface area contributed by atoms with E-state index in [9.17, 15) is 39.5 Å². The number of nitrogens with one attached hydrogen (secondary N) is 1. The molecule has 1 aromatic carbocycles. The Morgan fingerprint density at radius 3 is 1.89 bits per heavy atom. The van der Waals surface area contributed by atoms with E-state index in [0.29, 0.717) is 12.1 Å². The van der Waals surface area contributed by atoms with E-state index >= 15 is 0 Å². The molecule has 1 aliphatic heterocycles. The highest BCUT2D eigenvalue weighted by atomic mass is 35.5. The highest BCUT2D eigenvalue weighted by Gasteiger charge is 2.43. The second kappa shape index (κ2) is 8.44. The van der Waals surface area contributed by atoms with Crippen LogP contribution in [0.3, 0.4) is 0 Å². The SMILES string of the molecule is Cl.FC(F)(F)C[C@@H](c1ccc(C(F)(F)F)cc1C(F)(F)F)N1CCNCC1. The van der Waals surface area contributed by atoms with Gasteiger partial charge in [-0.15, -0.1) is 12.4 Å². The van der Waals surface area contributed by atoms with Crippen LogP contribution >= 0.6 is 12.4 Å². The normalized spacial score (nSPS) is 18.1. The van der Waals surface area contributed by atoms with Crippen LogP contribution in [0.15, 0.2) is 18.2 Å². The molecule has 1 atom stereocenters. The number of halogens is 10. The third-order valence-electron chi connectivity index (χ3n) is 4.06. The molecule has 1 aliphatic rings. The van der Waals surface area contributed by atoms with Crippen molar-refractivity contribution in [2.75, 3.05) is 26.2 Å². The predicted octanol–water partition coefficient (Wildman–Crippen LogP) is 5.04. The van der Waals surface area contributed by atoms with Gasteiger partial charge >= 0.3 is 18.5 Å². The lowest BCUT2D eigenvalue weighted by Crippen LogP contribution is -2.46. The monoisotopic (exact) mass is 430 g/mol. The number of hydrogen-bond acceptors (Lipinski definition) is 2.